The van der Waals surface area contributed by atoms with Crippen LogP contribution in [0.3, 0.4) is 0 Å². The zero-order valence-electron chi connectivity index (χ0n) is 13.7. The van der Waals surface area contributed by atoms with Gasteiger partial charge in [-0.05, 0) is 29.8 Å². The number of aromatic nitrogens is 2. The molecule has 0 N–H and O–H groups in total. The van der Waals surface area contributed by atoms with Crippen molar-refractivity contribution in [1.29, 1.82) is 5.26 Å². The molecule has 5 nitrogen and oxygen atoms in total. The molecule has 1 heterocycles. The SMILES string of the molecule is CN(Cc1nc2ccccc2n1C)C(=O)c1cccc(CC#N)c1. The third-order valence-electron chi connectivity index (χ3n) is 4.06. The molecule has 2 aromatic carbocycles. The number of imidazole rings is 1. The molecule has 0 bridgehead atoms. The van der Waals surface area contributed by atoms with Gasteiger partial charge in [0.05, 0.1) is 30.1 Å². The van der Waals surface area contributed by atoms with E-state index < -0.39 is 0 Å². The van der Waals surface area contributed by atoms with E-state index in [-0.39, 0.29) is 5.91 Å². The van der Waals surface area contributed by atoms with E-state index in [1.807, 2.05) is 48.0 Å². The topological polar surface area (TPSA) is 61.9 Å². The van der Waals surface area contributed by atoms with Crippen LogP contribution in [-0.4, -0.2) is 27.4 Å². The molecule has 0 aliphatic heterocycles. The van der Waals surface area contributed by atoms with Crippen LogP contribution in [0.1, 0.15) is 21.7 Å². The van der Waals surface area contributed by atoms with Crippen LogP contribution < -0.4 is 0 Å². The molecule has 0 saturated carbocycles. The number of rotatable bonds is 4. The average Bonchev–Trinajstić information content (AvgIpc) is 2.91. The van der Waals surface area contributed by atoms with E-state index >= 15 is 0 Å². The quantitative estimate of drug-likeness (QED) is 0.743. The fourth-order valence-electron chi connectivity index (χ4n) is 2.75. The zero-order valence-corrected chi connectivity index (χ0v) is 13.7. The van der Waals surface area contributed by atoms with Crippen LogP contribution in [0, 0.1) is 11.3 Å². The first kappa shape index (κ1) is 15.8. The molecule has 0 saturated heterocycles. The lowest BCUT2D eigenvalue weighted by molar-refractivity contribution is 0.0780. The van der Waals surface area contributed by atoms with Gasteiger partial charge >= 0.3 is 0 Å². The lowest BCUT2D eigenvalue weighted by atomic mass is 10.1. The molecule has 0 radical (unpaired) electrons. The predicted octanol–water partition coefficient (Wildman–Crippen LogP) is 2.91. The van der Waals surface area contributed by atoms with E-state index in [2.05, 4.69) is 11.1 Å². The lowest BCUT2D eigenvalue weighted by Gasteiger charge is -2.17. The van der Waals surface area contributed by atoms with E-state index in [1.54, 1.807) is 24.1 Å². The number of carbonyl (C=O) groups is 1. The van der Waals surface area contributed by atoms with Gasteiger partial charge in [0.25, 0.3) is 5.91 Å². The number of carbonyl (C=O) groups excluding carboxylic acids is 1. The van der Waals surface area contributed by atoms with Crippen LogP contribution in [0.25, 0.3) is 11.0 Å². The van der Waals surface area contributed by atoms with E-state index in [4.69, 9.17) is 5.26 Å². The van der Waals surface area contributed by atoms with E-state index in [0.29, 0.717) is 18.5 Å². The first-order valence-electron chi connectivity index (χ1n) is 7.72. The largest absolute Gasteiger partial charge is 0.334 e. The summed E-state index contributed by atoms with van der Waals surface area (Å²) in [6.45, 7) is 0.423. The molecule has 0 atom stereocenters. The van der Waals surface area contributed by atoms with Gasteiger partial charge in [-0.15, -0.1) is 0 Å². The molecule has 3 aromatic rings. The Hall–Kier alpha value is -3.13. The highest BCUT2D eigenvalue weighted by Gasteiger charge is 2.16. The summed E-state index contributed by atoms with van der Waals surface area (Å²) in [6.07, 6.45) is 0.301. The minimum absolute atomic E-state index is 0.0816. The molecule has 3 rings (SSSR count). The third kappa shape index (κ3) is 2.99. The number of amides is 1. The Kier molecular flexibility index (Phi) is 4.30. The van der Waals surface area contributed by atoms with Crippen LogP contribution in [0.4, 0.5) is 0 Å². The maximum Gasteiger partial charge on any atom is 0.254 e. The van der Waals surface area contributed by atoms with Gasteiger partial charge in [0, 0.05) is 19.7 Å². The minimum Gasteiger partial charge on any atom is -0.334 e. The van der Waals surface area contributed by atoms with Gasteiger partial charge in [-0.1, -0.05) is 24.3 Å². The Morgan fingerprint density at radius 2 is 2.04 bits per heavy atom. The standard InChI is InChI=1S/C19H18N4O/c1-22(19(24)15-7-5-6-14(12-15)10-11-20)13-18-21-16-8-3-4-9-17(16)23(18)2/h3-9,12H,10,13H2,1-2H3. The molecule has 5 heteroatoms. The van der Waals surface area contributed by atoms with Gasteiger partial charge in [-0.3, -0.25) is 4.79 Å². The highest BCUT2D eigenvalue weighted by Crippen LogP contribution is 2.16. The summed E-state index contributed by atoms with van der Waals surface area (Å²) in [5.74, 6) is 0.752. The predicted molar refractivity (Wildman–Crippen MR) is 92.3 cm³/mol. The second-order valence-electron chi connectivity index (χ2n) is 5.77. The number of aryl methyl sites for hydroxylation is 1. The maximum absolute atomic E-state index is 12.6. The molecule has 0 spiro atoms. The van der Waals surface area contributed by atoms with Crippen molar-refractivity contribution in [3.63, 3.8) is 0 Å². The van der Waals surface area contributed by atoms with Crippen LogP contribution in [-0.2, 0) is 20.0 Å². The van der Waals surface area contributed by atoms with Crippen molar-refractivity contribution in [3.8, 4) is 6.07 Å². The van der Waals surface area contributed by atoms with Gasteiger partial charge in [0.1, 0.15) is 5.82 Å². The van der Waals surface area contributed by atoms with Crippen LogP contribution >= 0.6 is 0 Å². The molecular formula is C19H18N4O. The number of fused-ring (bicyclic) bond motifs is 1. The lowest BCUT2D eigenvalue weighted by Crippen LogP contribution is -2.27. The van der Waals surface area contributed by atoms with Gasteiger partial charge < -0.3 is 9.47 Å². The van der Waals surface area contributed by atoms with Crippen molar-refractivity contribution >= 4 is 16.9 Å². The summed E-state index contributed by atoms with van der Waals surface area (Å²) in [5, 5.41) is 8.80. The maximum atomic E-state index is 12.6. The van der Waals surface area contributed by atoms with Crippen LogP contribution in [0.15, 0.2) is 48.5 Å². The Bertz CT molecular complexity index is 936. The molecule has 0 fully saturated rings. The zero-order chi connectivity index (χ0) is 17.1. The minimum atomic E-state index is -0.0816. The number of para-hydroxylation sites is 2. The third-order valence-corrected chi connectivity index (χ3v) is 4.06. The van der Waals surface area contributed by atoms with Gasteiger partial charge in [0.2, 0.25) is 0 Å². The number of nitriles is 1. The van der Waals surface area contributed by atoms with E-state index in [1.165, 1.54) is 0 Å². The monoisotopic (exact) mass is 318 g/mol. The molecule has 24 heavy (non-hydrogen) atoms. The Morgan fingerprint density at radius 1 is 1.25 bits per heavy atom. The fraction of sp³-hybridized carbons (Fsp3) is 0.211. The normalized spacial score (nSPS) is 10.5. The van der Waals surface area contributed by atoms with Gasteiger partial charge in [0.15, 0.2) is 0 Å². The molecule has 0 aliphatic carbocycles. The van der Waals surface area contributed by atoms with Gasteiger partial charge in [-0.2, -0.15) is 5.26 Å². The summed E-state index contributed by atoms with van der Waals surface area (Å²) in [4.78, 5) is 18.9. The van der Waals surface area contributed by atoms with Crippen molar-refractivity contribution in [2.45, 2.75) is 13.0 Å². The summed E-state index contributed by atoms with van der Waals surface area (Å²) in [6, 6.07) is 17.2. The summed E-state index contributed by atoms with van der Waals surface area (Å²) in [7, 11) is 3.72. The van der Waals surface area contributed by atoms with Crippen molar-refractivity contribution in [1.82, 2.24) is 14.5 Å². The van der Waals surface area contributed by atoms with Crippen molar-refractivity contribution in [2.24, 2.45) is 7.05 Å². The van der Waals surface area contributed by atoms with E-state index in [0.717, 1.165) is 22.4 Å². The Labute approximate surface area is 140 Å². The fourth-order valence-corrected chi connectivity index (χ4v) is 2.75. The second-order valence-corrected chi connectivity index (χ2v) is 5.77. The van der Waals surface area contributed by atoms with Crippen LogP contribution in [0.2, 0.25) is 0 Å². The number of hydrogen-bond donors (Lipinski definition) is 0. The van der Waals surface area contributed by atoms with Gasteiger partial charge in [-0.25, -0.2) is 4.98 Å². The van der Waals surface area contributed by atoms with Crippen LogP contribution in [0.5, 0.6) is 0 Å². The number of hydrogen-bond acceptors (Lipinski definition) is 3. The van der Waals surface area contributed by atoms with Crippen molar-refractivity contribution in [2.75, 3.05) is 7.05 Å². The first-order chi connectivity index (χ1) is 11.6. The summed E-state index contributed by atoms with van der Waals surface area (Å²) < 4.78 is 2.01. The molecule has 1 amide bonds. The number of benzene rings is 2. The van der Waals surface area contributed by atoms with Crippen molar-refractivity contribution in [3.05, 3.63) is 65.5 Å². The Morgan fingerprint density at radius 3 is 2.79 bits per heavy atom. The highest BCUT2D eigenvalue weighted by molar-refractivity contribution is 5.94. The van der Waals surface area contributed by atoms with E-state index in [9.17, 15) is 4.79 Å². The molecule has 120 valence electrons. The smallest absolute Gasteiger partial charge is 0.254 e. The molecule has 1 aromatic heterocycles. The molecule has 0 unspecified atom stereocenters. The molecule has 0 aliphatic rings. The average molecular weight is 318 g/mol. The second kappa shape index (κ2) is 6.55. The number of nitrogens with zero attached hydrogens (tertiary/aromatic N) is 4. The Balaban J connectivity index is 1.82. The molecular weight excluding hydrogens is 300 g/mol. The first-order valence-corrected chi connectivity index (χ1v) is 7.72. The summed E-state index contributed by atoms with van der Waals surface area (Å²) >= 11 is 0. The summed E-state index contributed by atoms with van der Waals surface area (Å²) in [5.41, 5.74) is 3.40. The van der Waals surface area contributed by atoms with Crippen molar-refractivity contribution < 1.29 is 4.79 Å². The highest BCUT2D eigenvalue weighted by atomic mass is 16.2.